The zero-order valence-electron chi connectivity index (χ0n) is 50.1. The van der Waals surface area contributed by atoms with Gasteiger partial charge in [-0.25, -0.2) is 0 Å². The fraction of sp³-hybridized carbons (Fsp3) is 0.956. The number of carbonyl (C=O) groups is 1. The van der Waals surface area contributed by atoms with Crippen molar-refractivity contribution in [1.29, 1.82) is 0 Å². The van der Waals surface area contributed by atoms with Crippen molar-refractivity contribution in [3.05, 3.63) is 12.2 Å². The number of rotatable bonds is 64. The molecule has 0 saturated heterocycles. The molecular formula is C68H135NO4. The molecule has 0 heterocycles. The van der Waals surface area contributed by atoms with Crippen LogP contribution in [0.4, 0.5) is 0 Å². The molecule has 73 heavy (non-hydrogen) atoms. The van der Waals surface area contributed by atoms with Crippen LogP contribution in [0.5, 0.6) is 0 Å². The minimum absolute atomic E-state index is 0.136. The number of amides is 1. The van der Waals surface area contributed by atoms with Crippen LogP contribution in [-0.2, 0) is 4.79 Å². The molecule has 0 aliphatic carbocycles. The van der Waals surface area contributed by atoms with Crippen molar-refractivity contribution in [2.24, 2.45) is 0 Å². The van der Waals surface area contributed by atoms with Gasteiger partial charge in [-0.2, -0.15) is 0 Å². The SMILES string of the molecule is CCCCCCCCCCCCCCCCCCCC/C=C\CCCCCCCCCCCCCCCCCCCC(=O)NC(CO)C(O)C(O)CCCCCCCCCCCCCCCCCCCCCC. The largest absolute Gasteiger partial charge is 0.394 e. The molecule has 0 radical (unpaired) electrons. The van der Waals surface area contributed by atoms with E-state index >= 15 is 0 Å². The molecule has 0 rings (SSSR count). The summed E-state index contributed by atoms with van der Waals surface area (Å²) in [6.07, 6.45) is 81.4. The van der Waals surface area contributed by atoms with E-state index in [9.17, 15) is 20.1 Å². The van der Waals surface area contributed by atoms with Crippen LogP contribution in [0.25, 0.3) is 0 Å². The third-order valence-corrected chi connectivity index (χ3v) is 16.4. The molecule has 3 unspecified atom stereocenters. The molecule has 0 saturated carbocycles. The van der Waals surface area contributed by atoms with Crippen LogP contribution >= 0.6 is 0 Å². The monoisotopic (exact) mass is 1030 g/mol. The van der Waals surface area contributed by atoms with Gasteiger partial charge in [0.2, 0.25) is 5.91 Å². The first-order valence-electron chi connectivity index (χ1n) is 34.0. The average Bonchev–Trinajstić information content (AvgIpc) is 3.40. The first kappa shape index (κ1) is 72.1. The molecule has 0 aliphatic heterocycles. The van der Waals surface area contributed by atoms with Crippen LogP contribution in [0.2, 0.25) is 0 Å². The number of carbonyl (C=O) groups excluding carboxylic acids is 1. The molecule has 0 aromatic heterocycles. The van der Waals surface area contributed by atoms with Crippen LogP contribution in [0.1, 0.15) is 393 Å². The second kappa shape index (κ2) is 63.6. The Hall–Kier alpha value is -0.910. The van der Waals surface area contributed by atoms with Gasteiger partial charge in [-0.3, -0.25) is 4.79 Å². The van der Waals surface area contributed by atoms with Crippen LogP contribution in [0.15, 0.2) is 12.2 Å². The number of nitrogens with one attached hydrogen (secondary N) is 1. The third kappa shape index (κ3) is 58.6. The number of allylic oxidation sites excluding steroid dienone is 2. The highest BCUT2D eigenvalue weighted by Gasteiger charge is 2.26. The topological polar surface area (TPSA) is 89.8 Å². The van der Waals surface area contributed by atoms with Crippen LogP contribution in [-0.4, -0.2) is 46.1 Å². The zero-order chi connectivity index (χ0) is 52.9. The number of aliphatic hydroxyl groups is 3. The van der Waals surface area contributed by atoms with E-state index in [-0.39, 0.29) is 12.5 Å². The molecule has 0 bridgehead atoms. The third-order valence-electron chi connectivity index (χ3n) is 16.4. The van der Waals surface area contributed by atoms with Gasteiger partial charge in [-0.15, -0.1) is 0 Å². The van der Waals surface area contributed by atoms with Crippen LogP contribution in [0.3, 0.4) is 0 Å². The van der Waals surface area contributed by atoms with E-state index in [1.165, 1.54) is 334 Å². The van der Waals surface area contributed by atoms with Crippen molar-refractivity contribution in [2.75, 3.05) is 6.61 Å². The number of hydrogen-bond donors (Lipinski definition) is 4. The summed E-state index contributed by atoms with van der Waals surface area (Å²) >= 11 is 0. The van der Waals surface area contributed by atoms with E-state index in [0.29, 0.717) is 12.8 Å². The summed E-state index contributed by atoms with van der Waals surface area (Å²) in [6, 6.07) is -0.807. The Morgan fingerprint density at radius 2 is 0.548 bits per heavy atom. The second-order valence-electron chi connectivity index (χ2n) is 23.7. The highest BCUT2D eigenvalue weighted by molar-refractivity contribution is 5.76. The summed E-state index contributed by atoms with van der Waals surface area (Å²) in [7, 11) is 0. The number of aliphatic hydroxyl groups excluding tert-OH is 3. The van der Waals surface area contributed by atoms with E-state index < -0.39 is 18.2 Å². The van der Waals surface area contributed by atoms with Crippen molar-refractivity contribution < 1.29 is 20.1 Å². The van der Waals surface area contributed by atoms with Gasteiger partial charge in [0.1, 0.15) is 6.10 Å². The molecule has 3 atom stereocenters. The van der Waals surface area contributed by atoms with Crippen molar-refractivity contribution in [3.63, 3.8) is 0 Å². The van der Waals surface area contributed by atoms with Crippen LogP contribution < -0.4 is 5.32 Å². The summed E-state index contributed by atoms with van der Waals surface area (Å²) in [5.74, 6) is -0.136. The van der Waals surface area contributed by atoms with E-state index in [2.05, 4.69) is 31.3 Å². The predicted octanol–water partition coefficient (Wildman–Crippen LogP) is 21.8. The summed E-state index contributed by atoms with van der Waals surface area (Å²) in [5, 5.41) is 33.9. The van der Waals surface area contributed by atoms with Gasteiger partial charge in [0.15, 0.2) is 0 Å². The Kier molecular flexibility index (Phi) is 62.8. The average molecular weight is 1030 g/mol. The van der Waals surface area contributed by atoms with Crippen molar-refractivity contribution >= 4 is 5.91 Å². The highest BCUT2D eigenvalue weighted by Crippen LogP contribution is 2.19. The van der Waals surface area contributed by atoms with Gasteiger partial charge in [0.05, 0.1) is 18.8 Å². The normalized spacial score (nSPS) is 13.1. The number of unbranched alkanes of at least 4 members (excludes halogenated alkanes) is 54. The fourth-order valence-electron chi connectivity index (χ4n) is 11.2. The summed E-state index contributed by atoms with van der Waals surface area (Å²) < 4.78 is 0. The van der Waals surface area contributed by atoms with Crippen LogP contribution in [0, 0.1) is 0 Å². The van der Waals surface area contributed by atoms with Gasteiger partial charge in [-0.1, -0.05) is 360 Å². The Morgan fingerprint density at radius 3 is 0.795 bits per heavy atom. The summed E-state index contributed by atoms with van der Waals surface area (Å²) in [5.41, 5.74) is 0. The van der Waals surface area contributed by atoms with Gasteiger partial charge < -0.3 is 20.6 Å². The van der Waals surface area contributed by atoms with Gasteiger partial charge in [0, 0.05) is 6.42 Å². The number of hydrogen-bond acceptors (Lipinski definition) is 4. The van der Waals surface area contributed by atoms with Crippen molar-refractivity contribution in [2.45, 2.75) is 411 Å². The van der Waals surface area contributed by atoms with E-state index in [4.69, 9.17) is 0 Å². The lowest BCUT2D eigenvalue weighted by Crippen LogP contribution is -2.50. The molecule has 0 spiro atoms. The maximum absolute atomic E-state index is 12.6. The standard InChI is InChI=1S/C68H135NO4/c1-3-5-7-9-11-13-15-17-19-21-23-25-26-27-28-29-30-31-32-33-34-35-36-37-38-39-40-41-42-43-45-47-49-51-53-55-57-59-61-63-67(72)69-65(64-70)68(73)66(71)62-60-58-56-54-52-50-48-46-44-24-22-20-18-16-14-12-10-8-6-4-2/h33-34,65-66,68,70-71,73H,3-32,35-64H2,1-2H3,(H,69,72)/b34-33-. The Labute approximate surface area is 459 Å². The minimum Gasteiger partial charge on any atom is -0.394 e. The Bertz CT molecular complexity index is 1050. The predicted molar refractivity (Wildman–Crippen MR) is 324 cm³/mol. The molecule has 0 fully saturated rings. The molecule has 436 valence electrons. The molecule has 4 N–H and O–H groups in total. The van der Waals surface area contributed by atoms with Gasteiger partial charge in [0.25, 0.3) is 0 Å². The first-order chi connectivity index (χ1) is 36.1. The summed E-state index contributed by atoms with van der Waals surface area (Å²) in [4.78, 5) is 12.6. The van der Waals surface area contributed by atoms with Crippen molar-refractivity contribution in [1.82, 2.24) is 5.32 Å². The summed E-state index contributed by atoms with van der Waals surface area (Å²) in [6.45, 7) is 4.23. The molecule has 0 aliphatic rings. The van der Waals surface area contributed by atoms with E-state index in [0.717, 1.165) is 32.1 Å². The van der Waals surface area contributed by atoms with E-state index in [1.807, 2.05) is 0 Å². The van der Waals surface area contributed by atoms with Gasteiger partial charge >= 0.3 is 0 Å². The van der Waals surface area contributed by atoms with Crippen molar-refractivity contribution in [3.8, 4) is 0 Å². The molecule has 0 aromatic carbocycles. The van der Waals surface area contributed by atoms with Gasteiger partial charge in [-0.05, 0) is 38.5 Å². The highest BCUT2D eigenvalue weighted by atomic mass is 16.3. The van der Waals surface area contributed by atoms with E-state index in [1.54, 1.807) is 0 Å². The fourth-order valence-corrected chi connectivity index (χ4v) is 11.2. The second-order valence-corrected chi connectivity index (χ2v) is 23.7. The molecular weight excluding hydrogens is 895 g/mol. The lowest BCUT2D eigenvalue weighted by Gasteiger charge is -2.26. The molecule has 5 heteroatoms. The first-order valence-corrected chi connectivity index (χ1v) is 34.0. The lowest BCUT2D eigenvalue weighted by atomic mass is 9.99. The molecule has 0 aromatic rings. The smallest absolute Gasteiger partial charge is 0.220 e. The lowest BCUT2D eigenvalue weighted by molar-refractivity contribution is -0.124. The maximum Gasteiger partial charge on any atom is 0.220 e. The zero-order valence-corrected chi connectivity index (χ0v) is 50.1. The Balaban J connectivity index is 3.42. The Morgan fingerprint density at radius 1 is 0.329 bits per heavy atom. The molecule has 1 amide bonds. The molecule has 5 nitrogen and oxygen atoms in total. The quantitative estimate of drug-likeness (QED) is 0.0361. The maximum atomic E-state index is 12.6. The minimum atomic E-state index is -1.13.